The zero-order valence-electron chi connectivity index (χ0n) is 18.2. The van der Waals surface area contributed by atoms with Gasteiger partial charge in [-0.2, -0.15) is 0 Å². The number of rotatable bonds is 8. The molecule has 0 amide bonds. The van der Waals surface area contributed by atoms with Gasteiger partial charge in [0.05, 0.1) is 4.92 Å². The maximum absolute atomic E-state index is 11.8. The average Bonchev–Trinajstić information content (AvgIpc) is 2.70. The molecular formula is C20H23NO12. The lowest BCUT2D eigenvalue weighted by Gasteiger charge is -2.43. The Balaban J connectivity index is 2.43. The molecular weight excluding hydrogens is 446 g/mol. The molecule has 0 N–H and O–H groups in total. The molecule has 1 aliphatic heterocycles. The highest BCUT2D eigenvalue weighted by Crippen LogP contribution is 2.31. The minimum Gasteiger partial charge on any atom is -0.463 e. The molecule has 180 valence electrons. The Kier molecular flexibility index (Phi) is 8.68. The van der Waals surface area contributed by atoms with Crippen molar-refractivity contribution in [3.63, 3.8) is 0 Å². The van der Waals surface area contributed by atoms with E-state index in [0.29, 0.717) is 0 Å². The van der Waals surface area contributed by atoms with E-state index in [1.54, 1.807) is 0 Å². The molecule has 13 nitrogen and oxygen atoms in total. The quantitative estimate of drug-likeness (QED) is 0.230. The number of non-ortho nitro benzene ring substituents is 1. The van der Waals surface area contributed by atoms with Crippen LogP contribution in [0.4, 0.5) is 5.69 Å². The maximum atomic E-state index is 11.8. The minimum atomic E-state index is -1.42. The highest BCUT2D eigenvalue weighted by atomic mass is 16.7. The van der Waals surface area contributed by atoms with Gasteiger partial charge in [-0.3, -0.25) is 29.3 Å². The number of hydrogen-bond acceptors (Lipinski definition) is 12. The van der Waals surface area contributed by atoms with E-state index in [-0.39, 0.29) is 11.4 Å². The van der Waals surface area contributed by atoms with Crippen molar-refractivity contribution in [1.29, 1.82) is 0 Å². The number of ether oxygens (including phenoxy) is 6. The van der Waals surface area contributed by atoms with Gasteiger partial charge in [0.15, 0.2) is 12.2 Å². The van der Waals surface area contributed by atoms with E-state index >= 15 is 0 Å². The standard InChI is InChI=1S/C20H23NO12/c1-10(22)28-9-16-17(29-11(2)23)18(30-12(3)24)19(31-13(4)25)20(33-16)32-15-7-5-14(6-8-15)21(26)27/h5-8,16-20H,9H2,1-4H3/t16-,17-,18+,19+,20-/m1/s1. The van der Waals surface area contributed by atoms with Gasteiger partial charge in [-0.25, -0.2) is 0 Å². The monoisotopic (exact) mass is 469 g/mol. The van der Waals surface area contributed by atoms with Crippen LogP contribution in [0.25, 0.3) is 0 Å². The first-order valence-corrected chi connectivity index (χ1v) is 9.69. The van der Waals surface area contributed by atoms with Gasteiger partial charge in [-0.15, -0.1) is 0 Å². The maximum Gasteiger partial charge on any atom is 0.303 e. The predicted octanol–water partition coefficient (Wildman–Crippen LogP) is 1.06. The third kappa shape index (κ3) is 7.42. The van der Waals surface area contributed by atoms with Crippen LogP contribution in [-0.2, 0) is 42.9 Å². The van der Waals surface area contributed by atoms with Gasteiger partial charge >= 0.3 is 23.9 Å². The molecule has 0 aromatic heterocycles. The van der Waals surface area contributed by atoms with Crippen LogP contribution >= 0.6 is 0 Å². The molecule has 1 aromatic carbocycles. The molecule has 33 heavy (non-hydrogen) atoms. The van der Waals surface area contributed by atoms with Crippen LogP contribution in [0.2, 0.25) is 0 Å². The van der Waals surface area contributed by atoms with E-state index in [1.807, 2.05) is 0 Å². The first kappa shape index (κ1) is 25.5. The fourth-order valence-corrected chi connectivity index (χ4v) is 3.06. The summed E-state index contributed by atoms with van der Waals surface area (Å²) in [6.45, 7) is 4.05. The van der Waals surface area contributed by atoms with Crippen molar-refractivity contribution >= 4 is 29.6 Å². The average molecular weight is 469 g/mol. The van der Waals surface area contributed by atoms with Crippen LogP contribution < -0.4 is 4.74 Å². The molecule has 0 aliphatic carbocycles. The first-order valence-electron chi connectivity index (χ1n) is 9.69. The number of nitro benzene ring substituents is 1. The van der Waals surface area contributed by atoms with Gasteiger partial charge in [0, 0.05) is 39.8 Å². The van der Waals surface area contributed by atoms with Crippen molar-refractivity contribution < 1.29 is 52.5 Å². The van der Waals surface area contributed by atoms with Gasteiger partial charge in [-0.1, -0.05) is 0 Å². The Morgan fingerprint density at radius 2 is 1.36 bits per heavy atom. The van der Waals surface area contributed by atoms with Crippen LogP contribution in [-0.4, -0.2) is 66.1 Å². The number of benzene rings is 1. The number of nitro groups is 1. The number of nitrogens with zero attached hydrogens (tertiary/aromatic N) is 1. The summed E-state index contributed by atoms with van der Waals surface area (Å²) < 4.78 is 32.3. The van der Waals surface area contributed by atoms with Crippen molar-refractivity contribution in [3.05, 3.63) is 34.4 Å². The second-order valence-electron chi connectivity index (χ2n) is 6.94. The summed E-state index contributed by atoms with van der Waals surface area (Å²) in [4.78, 5) is 56.8. The second kappa shape index (κ2) is 11.2. The van der Waals surface area contributed by atoms with Crippen LogP contribution in [0, 0.1) is 10.1 Å². The van der Waals surface area contributed by atoms with Crippen LogP contribution in [0.1, 0.15) is 27.7 Å². The second-order valence-corrected chi connectivity index (χ2v) is 6.94. The number of hydrogen-bond donors (Lipinski definition) is 0. The zero-order valence-corrected chi connectivity index (χ0v) is 18.2. The zero-order chi connectivity index (χ0) is 24.7. The van der Waals surface area contributed by atoms with E-state index in [0.717, 1.165) is 27.7 Å². The smallest absolute Gasteiger partial charge is 0.303 e. The van der Waals surface area contributed by atoms with E-state index in [2.05, 4.69) is 0 Å². The first-order chi connectivity index (χ1) is 15.5. The summed E-state index contributed by atoms with van der Waals surface area (Å²) in [7, 11) is 0. The molecule has 0 unspecified atom stereocenters. The summed E-state index contributed by atoms with van der Waals surface area (Å²) in [5, 5.41) is 10.9. The van der Waals surface area contributed by atoms with E-state index < -0.39 is 66.1 Å². The Morgan fingerprint density at radius 3 is 1.85 bits per heavy atom. The molecule has 1 aromatic rings. The van der Waals surface area contributed by atoms with E-state index in [9.17, 15) is 29.3 Å². The molecule has 1 heterocycles. The van der Waals surface area contributed by atoms with E-state index in [1.165, 1.54) is 24.3 Å². The molecule has 0 spiro atoms. The molecule has 2 rings (SSSR count). The molecule has 1 aliphatic rings. The lowest BCUT2D eigenvalue weighted by atomic mass is 9.98. The topological polar surface area (TPSA) is 167 Å². The Bertz CT molecular complexity index is 899. The largest absolute Gasteiger partial charge is 0.463 e. The third-order valence-electron chi connectivity index (χ3n) is 4.25. The van der Waals surface area contributed by atoms with Crippen molar-refractivity contribution in [2.75, 3.05) is 6.61 Å². The van der Waals surface area contributed by atoms with Crippen molar-refractivity contribution in [2.24, 2.45) is 0 Å². The van der Waals surface area contributed by atoms with Crippen molar-refractivity contribution in [2.45, 2.75) is 58.4 Å². The lowest BCUT2D eigenvalue weighted by Crippen LogP contribution is -2.63. The fraction of sp³-hybridized carbons (Fsp3) is 0.500. The summed E-state index contributed by atoms with van der Waals surface area (Å²) in [6.07, 6.45) is -6.69. The predicted molar refractivity (Wildman–Crippen MR) is 106 cm³/mol. The van der Waals surface area contributed by atoms with Gasteiger partial charge in [-0.05, 0) is 12.1 Å². The summed E-state index contributed by atoms with van der Waals surface area (Å²) in [5.41, 5.74) is -0.191. The molecule has 0 radical (unpaired) electrons. The minimum absolute atomic E-state index is 0.0986. The molecule has 0 bridgehead atoms. The van der Waals surface area contributed by atoms with Crippen LogP contribution in [0.15, 0.2) is 24.3 Å². The van der Waals surface area contributed by atoms with Crippen molar-refractivity contribution in [1.82, 2.24) is 0 Å². The molecule has 1 fully saturated rings. The fourth-order valence-electron chi connectivity index (χ4n) is 3.06. The highest BCUT2D eigenvalue weighted by molar-refractivity contribution is 5.68. The highest BCUT2D eigenvalue weighted by Gasteiger charge is 2.53. The van der Waals surface area contributed by atoms with Crippen LogP contribution in [0.5, 0.6) is 5.75 Å². The summed E-state index contributed by atoms with van der Waals surface area (Å²) in [6, 6.07) is 4.93. The molecule has 13 heteroatoms. The number of carbonyl (C=O) groups excluding carboxylic acids is 4. The molecule has 5 atom stereocenters. The normalized spacial score (nSPS) is 24.2. The Morgan fingerprint density at radius 1 is 0.848 bits per heavy atom. The lowest BCUT2D eigenvalue weighted by molar-refractivity contribution is -0.384. The Labute approximate surface area is 188 Å². The SMILES string of the molecule is CC(=O)OC[C@H]1O[C@@H](Oc2ccc([N+](=O)[O-])cc2)[C@@H](OC(C)=O)[C@@H](OC(C)=O)[C@@H]1OC(C)=O. The number of esters is 4. The van der Waals surface area contributed by atoms with Gasteiger partial charge in [0.1, 0.15) is 18.5 Å². The van der Waals surface area contributed by atoms with Gasteiger partial charge < -0.3 is 28.4 Å². The molecule has 0 saturated carbocycles. The van der Waals surface area contributed by atoms with Crippen molar-refractivity contribution in [3.8, 4) is 5.75 Å². The summed E-state index contributed by atoms with van der Waals surface area (Å²) in [5.74, 6) is -2.87. The van der Waals surface area contributed by atoms with Gasteiger partial charge in [0.25, 0.3) is 5.69 Å². The molecule has 1 saturated heterocycles. The Hall–Kier alpha value is -3.74. The number of carbonyl (C=O) groups is 4. The summed E-state index contributed by atoms with van der Waals surface area (Å²) >= 11 is 0. The third-order valence-corrected chi connectivity index (χ3v) is 4.25. The van der Waals surface area contributed by atoms with Gasteiger partial charge in [0.2, 0.25) is 12.4 Å². The van der Waals surface area contributed by atoms with Crippen LogP contribution in [0.3, 0.4) is 0 Å². The van der Waals surface area contributed by atoms with E-state index in [4.69, 9.17) is 28.4 Å².